The lowest BCUT2D eigenvalue weighted by Crippen LogP contribution is -2.47. The number of likely N-dealkylation sites (N-methyl/N-ethyl adjacent to an activating group) is 1. The Kier molecular flexibility index (Phi) is 6.19. The Bertz CT molecular complexity index is 980. The molecule has 0 spiro atoms. The number of benzene rings is 2. The summed E-state index contributed by atoms with van der Waals surface area (Å²) in [6.07, 6.45) is 0. The summed E-state index contributed by atoms with van der Waals surface area (Å²) in [5.41, 5.74) is 1.41. The highest BCUT2D eigenvalue weighted by atomic mass is 32.2. The standard InChI is InChI=1S/C20H24N4O4S/c1-15(25)21-17-7-9-19(10-8-17)29(27,28)22-18-5-3-16(4-6-18)20(26)24-13-11-23(2)12-14-24/h3-10,22H,11-14H2,1-2H3,(H,21,25). The van der Waals surface area contributed by atoms with E-state index in [2.05, 4.69) is 14.9 Å². The highest BCUT2D eigenvalue weighted by Crippen LogP contribution is 2.19. The molecule has 0 aromatic heterocycles. The number of carbonyl (C=O) groups is 2. The van der Waals surface area contributed by atoms with Gasteiger partial charge in [-0.05, 0) is 55.6 Å². The van der Waals surface area contributed by atoms with Gasteiger partial charge in [0.25, 0.3) is 15.9 Å². The summed E-state index contributed by atoms with van der Waals surface area (Å²) < 4.78 is 27.6. The van der Waals surface area contributed by atoms with Crippen LogP contribution in [-0.4, -0.2) is 63.3 Å². The van der Waals surface area contributed by atoms with E-state index in [1.807, 2.05) is 7.05 Å². The van der Waals surface area contributed by atoms with Crippen LogP contribution in [0.3, 0.4) is 0 Å². The monoisotopic (exact) mass is 416 g/mol. The number of carbonyl (C=O) groups excluding carboxylic acids is 2. The first-order chi connectivity index (χ1) is 13.7. The molecule has 3 rings (SSSR count). The van der Waals surface area contributed by atoms with Crippen molar-refractivity contribution < 1.29 is 18.0 Å². The fraction of sp³-hybridized carbons (Fsp3) is 0.300. The fourth-order valence-corrected chi connectivity index (χ4v) is 4.07. The van der Waals surface area contributed by atoms with Crippen LogP contribution in [0.25, 0.3) is 0 Å². The van der Waals surface area contributed by atoms with Crippen LogP contribution in [0, 0.1) is 0 Å². The Morgan fingerprint density at radius 2 is 1.41 bits per heavy atom. The molecule has 1 aliphatic heterocycles. The van der Waals surface area contributed by atoms with Crippen molar-refractivity contribution in [1.82, 2.24) is 9.80 Å². The van der Waals surface area contributed by atoms with E-state index in [1.165, 1.54) is 31.2 Å². The molecule has 2 amide bonds. The third-order valence-electron chi connectivity index (χ3n) is 4.66. The molecule has 1 heterocycles. The Morgan fingerprint density at radius 1 is 0.862 bits per heavy atom. The minimum Gasteiger partial charge on any atom is -0.336 e. The topological polar surface area (TPSA) is 98.8 Å². The summed E-state index contributed by atoms with van der Waals surface area (Å²) in [6.45, 7) is 4.41. The summed E-state index contributed by atoms with van der Waals surface area (Å²) in [7, 11) is -1.76. The summed E-state index contributed by atoms with van der Waals surface area (Å²) in [4.78, 5) is 27.7. The van der Waals surface area contributed by atoms with Gasteiger partial charge in [0.15, 0.2) is 0 Å². The first-order valence-electron chi connectivity index (χ1n) is 9.23. The van der Waals surface area contributed by atoms with E-state index >= 15 is 0 Å². The van der Waals surface area contributed by atoms with Crippen LogP contribution >= 0.6 is 0 Å². The van der Waals surface area contributed by atoms with Gasteiger partial charge in [0.1, 0.15) is 0 Å². The van der Waals surface area contributed by atoms with Crippen molar-refractivity contribution in [3.05, 3.63) is 54.1 Å². The molecule has 29 heavy (non-hydrogen) atoms. The zero-order valence-electron chi connectivity index (χ0n) is 16.4. The normalized spacial score (nSPS) is 15.0. The zero-order chi connectivity index (χ0) is 21.0. The highest BCUT2D eigenvalue weighted by Gasteiger charge is 2.20. The first-order valence-corrected chi connectivity index (χ1v) is 10.7. The summed E-state index contributed by atoms with van der Waals surface area (Å²) in [5, 5.41) is 2.59. The molecular formula is C20H24N4O4S. The SMILES string of the molecule is CC(=O)Nc1ccc(S(=O)(=O)Nc2ccc(C(=O)N3CCN(C)CC3)cc2)cc1. The molecule has 8 nitrogen and oxygen atoms in total. The lowest BCUT2D eigenvalue weighted by atomic mass is 10.1. The number of hydrogen-bond donors (Lipinski definition) is 2. The maximum Gasteiger partial charge on any atom is 0.261 e. The molecule has 0 aliphatic carbocycles. The molecule has 1 saturated heterocycles. The first kappa shape index (κ1) is 20.8. The number of anilines is 2. The van der Waals surface area contributed by atoms with Gasteiger partial charge in [-0.1, -0.05) is 0 Å². The number of nitrogens with zero attached hydrogens (tertiary/aromatic N) is 2. The number of sulfonamides is 1. The van der Waals surface area contributed by atoms with Crippen LogP contribution in [0.15, 0.2) is 53.4 Å². The minimum absolute atomic E-state index is 0.0546. The van der Waals surface area contributed by atoms with Gasteiger partial charge >= 0.3 is 0 Å². The van der Waals surface area contributed by atoms with Crippen molar-refractivity contribution >= 4 is 33.2 Å². The van der Waals surface area contributed by atoms with Crippen LogP contribution in [0.2, 0.25) is 0 Å². The summed E-state index contributed by atoms with van der Waals surface area (Å²) >= 11 is 0. The maximum atomic E-state index is 12.6. The largest absolute Gasteiger partial charge is 0.336 e. The van der Waals surface area contributed by atoms with Crippen molar-refractivity contribution in [3.8, 4) is 0 Å². The van der Waals surface area contributed by atoms with E-state index in [1.54, 1.807) is 29.2 Å². The van der Waals surface area contributed by atoms with Crippen LogP contribution < -0.4 is 10.0 Å². The van der Waals surface area contributed by atoms with E-state index in [0.29, 0.717) is 30.0 Å². The summed E-state index contributed by atoms with van der Waals surface area (Å²) in [6, 6.07) is 12.3. The second kappa shape index (κ2) is 8.62. The lowest BCUT2D eigenvalue weighted by molar-refractivity contribution is -0.114. The molecule has 0 atom stereocenters. The lowest BCUT2D eigenvalue weighted by Gasteiger charge is -2.32. The molecule has 2 N–H and O–H groups in total. The maximum absolute atomic E-state index is 12.6. The van der Waals surface area contributed by atoms with Gasteiger partial charge in [0.05, 0.1) is 4.90 Å². The van der Waals surface area contributed by atoms with E-state index in [0.717, 1.165) is 13.1 Å². The van der Waals surface area contributed by atoms with Gasteiger partial charge in [-0.15, -0.1) is 0 Å². The van der Waals surface area contributed by atoms with E-state index in [4.69, 9.17) is 0 Å². The molecule has 0 bridgehead atoms. The van der Waals surface area contributed by atoms with Crippen molar-refractivity contribution in [2.24, 2.45) is 0 Å². The molecule has 1 aliphatic rings. The quantitative estimate of drug-likeness (QED) is 0.775. The molecule has 0 saturated carbocycles. The number of hydrogen-bond acceptors (Lipinski definition) is 5. The van der Waals surface area contributed by atoms with E-state index in [-0.39, 0.29) is 16.7 Å². The second-order valence-corrected chi connectivity index (χ2v) is 8.67. The minimum atomic E-state index is -3.78. The molecule has 2 aromatic carbocycles. The Hall–Kier alpha value is -2.91. The second-order valence-electron chi connectivity index (χ2n) is 6.98. The van der Waals surface area contributed by atoms with Crippen molar-refractivity contribution in [2.45, 2.75) is 11.8 Å². The highest BCUT2D eigenvalue weighted by molar-refractivity contribution is 7.92. The zero-order valence-corrected chi connectivity index (χ0v) is 17.2. The van der Waals surface area contributed by atoms with E-state index in [9.17, 15) is 18.0 Å². The predicted molar refractivity (Wildman–Crippen MR) is 111 cm³/mol. The van der Waals surface area contributed by atoms with Crippen LogP contribution in [0.5, 0.6) is 0 Å². The van der Waals surface area contributed by atoms with Gasteiger partial charge in [0, 0.05) is 50.0 Å². The molecule has 1 fully saturated rings. The van der Waals surface area contributed by atoms with Crippen molar-refractivity contribution in [1.29, 1.82) is 0 Å². The van der Waals surface area contributed by atoms with Gasteiger partial charge in [0.2, 0.25) is 5.91 Å². The van der Waals surface area contributed by atoms with Crippen LogP contribution in [0.1, 0.15) is 17.3 Å². The third kappa shape index (κ3) is 5.33. The van der Waals surface area contributed by atoms with E-state index < -0.39 is 10.0 Å². The average Bonchev–Trinajstić information content (AvgIpc) is 2.68. The fourth-order valence-electron chi connectivity index (χ4n) is 3.01. The molecule has 9 heteroatoms. The average molecular weight is 417 g/mol. The van der Waals surface area contributed by atoms with Crippen molar-refractivity contribution in [3.63, 3.8) is 0 Å². The Labute approximate surface area is 170 Å². The predicted octanol–water partition coefficient (Wildman–Crippen LogP) is 1.83. The number of nitrogens with one attached hydrogen (secondary N) is 2. The van der Waals surface area contributed by atoms with Gasteiger partial charge in [-0.25, -0.2) is 8.42 Å². The third-order valence-corrected chi connectivity index (χ3v) is 6.06. The van der Waals surface area contributed by atoms with Crippen molar-refractivity contribution in [2.75, 3.05) is 43.3 Å². The van der Waals surface area contributed by atoms with Gasteiger partial charge in [-0.3, -0.25) is 14.3 Å². The Morgan fingerprint density at radius 3 is 1.97 bits per heavy atom. The molecular weight excluding hydrogens is 392 g/mol. The van der Waals surface area contributed by atoms with Gasteiger partial charge in [-0.2, -0.15) is 0 Å². The number of amides is 2. The molecule has 2 aromatic rings. The molecule has 0 radical (unpaired) electrons. The van der Waals surface area contributed by atoms with Gasteiger partial charge < -0.3 is 15.1 Å². The number of rotatable bonds is 5. The Balaban J connectivity index is 1.66. The number of piperazine rings is 1. The van der Waals surface area contributed by atoms with Crippen LogP contribution in [-0.2, 0) is 14.8 Å². The molecule has 154 valence electrons. The van der Waals surface area contributed by atoms with Crippen LogP contribution in [0.4, 0.5) is 11.4 Å². The summed E-state index contributed by atoms with van der Waals surface area (Å²) in [5.74, 6) is -0.286. The molecule has 0 unspecified atom stereocenters. The smallest absolute Gasteiger partial charge is 0.261 e.